The molecular formula is C32H62O2S2. The average Bonchev–Trinajstić information content (AvgIpc) is 2.88. The number of unbranched alkanes of at least 4 members (excludes halogenated alkanes) is 18. The molecule has 2 atom stereocenters. The highest BCUT2D eigenvalue weighted by molar-refractivity contribution is 8.16. The predicted molar refractivity (Wildman–Crippen MR) is 166 cm³/mol. The Balaban J connectivity index is 3.56. The van der Waals surface area contributed by atoms with E-state index in [0.29, 0.717) is 10.2 Å². The highest BCUT2D eigenvalue weighted by Gasteiger charge is 2.15. The zero-order valence-electron chi connectivity index (χ0n) is 24.8. The zero-order valence-corrected chi connectivity index (χ0v) is 26.4. The molecule has 0 aromatic rings. The van der Waals surface area contributed by atoms with Gasteiger partial charge >= 0.3 is 0 Å². The summed E-state index contributed by atoms with van der Waals surface area (Å²) in [7, 11) is 0. The molecule has 214 valence electrons. The van der Waals surface area contributed by atoms with Crippen LogP contribution in [0.25, 0.3) is 0 Å². The van der Waals surface area contributed by atoms with Crippen LogP contribution in [0.4, 0.5) is 0 Å². The summed E-state index contributed by atoms with van der Waals surface area (Å²) in [6.07, 6.45) is 28.8. The summed E-state index contributed by atoms with van der Waals surface area (Å²) in [4.78, 5) is 24.8. The molecule has 4 heteroatoms. The van der Waals surface area contributed by atoms with E-state index >= 15 is 0 Å². The van der Waals surface area contributed by atoms with E-state index in [9.17, 15) is 9.59 Å². The van der Waals surface area contributed by atoms with Gasteiger partial charge in [-0.1, -0.05) is 180 Å². The van der Waals surface area contributed by atoms with Gasteiger partial charge in [0.1, 0.15) is 0 Å². The Morgan fingerprint density at radius 2 is 0.694 bits per heavy atom. The highest BCUT2D eigenvalue weighted by atomic mass is 32.2. The van der Waals surface area contributed by atoms with Crippen LogP contribution < -0.4 is 0 Å². The van der Waals surface area contributed by atoms with Crippen molar-refractivity contribution in [3.8, 4) is 0 Å². The van der Waals surface area contributed by atoms with Crippen LogP contribution in [-0.4, -0.2) is 21.7 Å². The first-order valence-electron chi connectivity index (χ1n) is 15.9. The molecule has 0 aliphatic rings. The van der Waals surface area contributed by atoms with E-state index in [-0.39, 0.29) is 11.8 Å². The third kappa shape index (κ3) is 24.4. The molecule has 0 aromatic carbocycles. The van der Waals surface area contributed by atoms with E-state index in [0.717, 1.165) is 24.3 Å². The van der Waals surface area contributed by atoms with Crippen LogP contribution in [0.1, 0.15) is 169 Å². The van der Waals surface area contributed by atoms with Crippen LogP contribution in [0.2, 0.25) is 0 Å². The van der Waals surface area contributed by atoms with Crippen molar-refractivity contribution in [3.63, 3.8) is 0 Å². The Hall–Kier alpha value is 0.0400. The van der Waals surface area contributed by atoms with Gasteiger partial charge in [-0.25, -0.2) is 0 Å². The zero-order chi connectivity index (χ0) is 26.7. The first-order valence-corrected chi connectivity index (χ1v) is 17.8. The lowest BCUT2D eigenvalue weighted by molar-refractivity contribution is -0.114. The first-order chi connectivity index (χ1) is 17.5. The van der Waals surface area contributed by atoms with E-state index < -0.39 is 0 Å². The summed E-state index contributed by atoms with van der Waals surface area (Å²) < 4.78 is 0. The number of hydrogen-bond donors (Lipinski definition) is 0. The fourth-order valence-corrected chi connectivity index (χ4v) is 6.55. The minimum Gasteiger partial charge on any atom is -0.287 e. The maximum Gasteiger partial charge on any atom is 0.191 e. The second-order valence-electron chi connectivity index (χ2n) is 11.1. The minimum absolute atomic E-state index is 0.153. The molecule has 0 aromatic heterocycles. The van der Waals surface area contributed by atoms with E-state index in [1.54, 1.807) is 0 Å². The van der Waals surface area contributed by atoms with Crippen molar-refractivity contribution in [2.45, 2.75) is 169 Å². The Bertz CT molecular complexity index is 451. The van der Waals surface area contributed by atoms with Gasteiger partial charge in [0.25, 0.3) is 0 Å². The van der Waals surface area contributed by atoms with Gasteiger partial charge in [-0.15, -0.1) is 0 Å². The molecule has 0 amide bonds. The van der Waals surface area contributed by atoms with Crippen LogP contribution in [-0.2, 0) is 9.59 Å². The van der Waals surface area contributed by atoms with Gasteiger partial charge in [0, 0.05) is 23.3 Å². The fraction of sp³-hybridized carbons (Fsp3) is 0.938. The van der Waals surface area contributed by atoms with E-state index in [4.69, 9.17) is 0 Å². The van der Waals surface area contributed by atoms with Crippen LogP contribution in [0.5, 0.6) is 0 Å². The van der Waals surface area contributed by atoms with Gasteiger partial charge < -0.3 is 0 Å². The molecule has 36 heavy (non-hydrogen) atoms. The Kier molecular flexibility index (Phi) is 28.1. The maximum atomic E-state index is 12.4. The molecule has 0 spiro atoms. The fourth-order valence-electron chi connectivity index (χ4n) is 4.68. The molecule has 0 aliphatic heterocycles. The quantitative estimate of drug-likeness (QED) is 0.0966. The van der Waals surface area contributed by atoms with E-state index in [1.807, 2.05) is 0 Å². The predicted octanol–water partition coefficient (Wildman–Crippen LogP) is 11.4. The van der Waals surface area contributed by atoms with Gasteiger partial charge in [-0.05, 0) is 12.8 Å². The Labute approximate surface area is 235 Å². The molecule has 0 rings (SSSR count). The summed E-state index contributed by atoms with van der Waals surface area (Å²) in [5, 5.41) is 0.634. The summed E-state index contributed by atoms with van der Waals surface area (Å²) in [6.45, 7) is 8.70. The molecule has 0 saturated carbocycles. The van der Waals surface area contributed by atoms with Crippen LogP contribution >= 0.6 is 23.5 Å². The topological polar surface area (TPSA) is 34.1 Å². The summed E-state index contributed by atoms with van der Waals surface area (Å²) in [5.74, 6) is 1.84. The number of carbonyl (C=O) groups excluding carboxylic acids is 2. The lowest BCUT2D eigenvalue weighted by Gasteiger charge is -2.11. The van der Waals surface area contributed by atoms with Crippen molar-refractivity contribution >= 4 is 33.8 Å². The molecule has 0 radical (unpaired) electrons. The van der Waals surface area contributed by atoms with E-state index in [1.165, 1.54) is 152 Å². The molecule has 0 bridgehead atoms. The lowest BCUT2D eigenvalue weighted by atomic mass is 10.0. The molecule has 0 aliphatic carbocycles. The molecule has 0 N–H and O–H groups in total. The third-order valence-corrected chi connectivity index (χ3v) is 9.81. The van der Waals surface area contributed by atoms with Crippen LogP contribution in [0.15, 0.2) is 0 Å². The highest BCUT2D eigenvalue weighted by Crippen LogP contribution is 2.22. The molecule has 0 fully saturated rings. The van der Waals surface area contributed by atoms with Crippen molar-refractivity contribution in [2.24, 2.45) is 11.8 Å². The third-order valence-electron chi connectivity index (χ3n) is 7.36. The van der Waals surface area contributed by atoms with Crippen LogP contribution in [0, 0.1) is 11.8 Å². The first kappa shape index (κ1) is 36.0. The second kappa shape index (κ2) is 28.1. The van der Waals surface area contributed by atoms with Gasteiger partial charge in [-0.2, -0.15) is 0 Å². The summed E-state index contributed by atoms with van der Waals surface area (Å²) >= 11 is 2.89. The second-order valence-corrected chi connectivity index (χ2v) is 13.3. The minimum atomic E-state index is 0.153. The summed E-state index contributed by atoms with van der Waals surface area (Å²) in [5.41, 5.74) is 0. The van der Waals surface area contributed by atoms with Crippen molar-refractivity contribution in [1.82, 2.24) is 0 Å². The Morgan fingerprint density at radius 1 is 0.444 bits per heavy atom. The number of carbonyl (C=O) groups is 2. The molecular weight excluding hydrogens is 480 g/mol. The van der Waals surface area contributed by atoms with Gasteiger partial charge in [-0.3, -0.25) is 9.59 Å². The summed E-state index contributed by atoms with van der Waals surface area (Å²) in [6, 6.07) is 0. The maximum absolute atomic E-state index is 12.4. The number of thioether (sulfide) groups is 2. The molecule has 0 saturated heterocycles. The van der Waals surface area contributed by atoms with Gasteiger partial charge in [0.15, 0.2) is 10.2 Å². The van der Waals surface area contributed by atoms with E-state index in [2.05, 4.69) is 27.7 Å². The monoisotopic (exact) mass is 542 g/mol. The van der Waals surface area contributed by atoms with Crippen molar-refractivity contribution < 1.29 is 9.59 Å². The Morgan fingerprint density at radius 3 is 0.972 bits per heavy atom. The number of hydrogen-bond acceptors (Lipinski definition) is 4. The molecule has 2 nitrogen and oxygen atoms in total. The van der Waals surface area contributed by atoms with Crippen LogP contribution in [0.3, 0.4) is 0 Å². The molecule has 0 heterocycles. The van der Waals surface area contributed by atoms with Crippen molar-refractivity contribution in [2.75, 3.05) is 11.5 Å². The van der Waals surface area contributed by atoms with Gasteiger partial charge in [0.05, 0.1) is 0 Å². The number of rotatable bonds is 27. The SMILES string of the molecule is CCCCCCCCCCCCC(C)C(=O)SCCSC(=O)C(C)CCCCCCCCCCCC. The molecule has 2 unspecified atom stereocenters. The van der Waals surface area contributed by atoms with Crippen molar-refractivity contribution in [1.29, 1.82) is 0 Å². The van der Waals surface area contributed by atoms with Gasteiger partial charge in [0.2, 0.25) is 0 Å². The standard InChI is InChI=1S/C32H62O2S2/c1-5-7-9-11-13-15-17-19-21-23-25-29(3)31(33)35-27-28-36-32(34)30(4)26-24-22-20-18-16-14-12-10-8-6-2/h29-30H,5-28H2,1-4H3. The smallest absolute Gasteiger partial charge is 0.191 e. The normalized spacial score (nSPS) is 13.1. The average molecular weight is 543 g/mol. The largest absolute Gasteiger partial charge is 0.287 e. The van der Waals surface area contributed by atoms with Crippen molar-refractivity contribution in [3.05, 3.63) is 0 Å². The lowest BCUT2D eigenvalue weighted by Crippen LogP contribution is -2.10.